The van der Waals surface area contributed by atoms with E-state index in [9.17, 15) is 13.2 Å². The van der Waals surface area contributed by atoms with E-state index in [1.807, 2.05) is 38.3 Å². The Kier molecular flexibility index (Phi) is 7.00. The molecule has 8 heteroatoms. The van der Waals surface area contributed by atoms with Gasteiger partial charge in [0.1, 0.15) is 5.82 Å². The number of benzene rings is 1. The molecule has 0 bridgehead atoms. The number of rotatable bonds is 9. The number of nitrogens with zero attached hydrogens (tertiary/aromatic N) is 4. The maximum atomic E-state index is 12.8. The van der Waals surface area contributed by atoms with Gasteiger partial charge in [0.2, 0.25) is 15.9 Å². The molecule has 2 rings (SSSR count). The zero-order chi connectivity index (χ0) is 20.2. The molecule has 0 saturated carbocycles. The number of aromatic nitrogens is 2. The number of hydrogen-bond acceptors (Lipinski definition) is 4. The molecule has 1 aromatic carbocycles. The Morgan fingerprint density at radius 2 is 1.78 bits per heavy atom. The van der Waals surface area contributed by atoms with Crippen LogP contribution in [0.2, 0.25) is 0 Å². The van der Waals surface area contributed by atoms with E-state index in [2.05, 4.69) is 4.98 Å². The molecule has 0 atom stereocenters. The summed E-state index contributed by atoms with van der Waals surface area (Å²) in [6, 6.07) is 5.09. The third-order valence-electron chi connectivity index (χ3n) is 4.92. The zero-order valence-electron chi connectivity index (χ0n) is 16.9. The molecule has 1 heterocycles. The highest BCUT2D eigenvalue weighted by Gasteiger charge is 2.23. The van der Waals surface area contributed by atoms with Crippen LogP contribution in [0.25, 0.3) is 11.0 Å². The van der Waals surface area contributed by atoms with Crippen LogP contribution >= 0.6 is 0 Å². The second-order valence-corrected chi connectivity index (χ2v) is 8.36. The largest absolute Gasteiger partial charge is 0.346 e. The molecule has 0 N–H and O–H groups in total. The number of sulfonamides is 1. The van der Waals surface area contributed by atoms with Crippen molar-refractivity contribution in [2.24, 2.45) is 0 Å². The fourth-order valence-electron chi connectivity index (χ4n) is 3.16. The standard InChI is InChI=1S/C19H30N4O3S/c1-6-21(5)19(24)13-12-18-20-16-14-15(10-11-17(16)23(18)9-4)27(25,26)22(7-2)8-3/h10-11,14H,6-9,12-13H2,1-5H3. The van der Waals surface area contributed by atoms with Crippen LogP contribution in [0.5, 0.6) is 0 Å². The van der Waals surface area contributed by atoms with Crippen LogP contribution in [0.3, 0.4) is 0 Å². The van der Waals surface area contributed by atoms with E-state index in [1.54, 1.807) is 24.1 Å². The Bertz CT molecular complexity index is 901. The van der Waals surface area contributed by atoms with E-state index < -0.39 is 10.0 Å². The quantitative estimate of drug-likeness (QED) is 0.655. The smallest absolute Gasteiger partial charge is 0.243 e. The van der Waals surface area contributed by atoms with Crippen molar-refractivity contribution in [3.05, 3.63) is 24.0 Å². The lowest BCUT2D eigenvalue weighted by molar-refractivity contribution is -0.129. The van der Waals surface area contributed by atoms with Gasteiger partial charge in [-0.05, 0) is 32.0 Å². The van der Waals surface area contributed by atoms with Gasteiger partial charge in [-0.1, -0.05) is 13.8 Å². The summed E-state index contributed by atoms with van der Waals surface area (Å²) < 4.78 is 29.0. The predicted octanol–water partition coefficient (Wildman–Crippen LogP) is 2.50. The van der Waals surface area contributed by atoms with Crippen LogP contribution in [-0.4, -0.2) is 59.8 Å². The first-order valence-corrected chi connectivity index (χ1v) is 11.0. The van der Waals surface area contributed by atoms with Gasteiger partial charge in [-0.25, -0.2) is 13.4 Å². The van der Waals surface area contributed by atoms with Crippen LogP contribution in [0, 0.1) is 0 Å². The fraction of sp³-hybridized carbons (Fsp3) is 0.579. The molecule has 2 aromatic rings. The minimum Gasteiger partial charge on any atom is -0.346 e. The third kappa shape index (κ3) is 4.32. The molecule has 0 spiro atoms. The first-order chi connectivity index (χ1) is 12.8. The Morgan fingerprint density at radius 3 is 2.33 bits per heavy atom. The van der Waals surface area contributed by atoms with Crippen molar-refractivity contribution < 1.29 is 13.2 Å². The monoisotopic (exact) mass is 394 g/mol. The minimum atomic E-state index is -3.52. The van der Waals surface area contributed by atoms with E-state index in [0.29, 0.717) is 44.5 Å². The Hall–Kier alpha value is -1.93. The summed E-state index contributed by atoms with van der Waals surface area (Å²) in [5, 5.41) is 0. The molecule has 0 radical (unpaired) electrons. The first-order valence-electron chi connectivity index (χ1n) is 9.53. The van der Waals surface area contributed by atoms with Crippen LogP contribution in [0.4, 0.5) is 0 Å². The highest BCUT2D eigenvalue weighted by molar-refractivity contribution is 7.89. The summed E-state index contributed by atoms with van der Waals surface area (Å²) in [6.07, 6.45) is 0.919. The molecule has 1 aromatic heterocycles. The van der Waals surface area contributed by atoms with Gasteiger partial charge in [0.05, 0.1) is 15.9 Å². The molecule has 0 unspecified atom stereocenters. The minimum absolute atomic E-state index is 0.0806. The average Bonchev–Trinajstić information content (AvgIpc) is 3.02. The highest BCUT2D eigenvalue weighted by Crippen LogP contribution is 2.23. The second-order valence-electron chi connectivity index (χ2n) is 6.42. The van der Waals surface area contributed by atoms with Crippen molar-refractivity contribution in [2.45, 2.75) is 52.0 Å². The molecule has 0 aliphatic carbocycles. The molecule has 150 valence electrons. The lowest BCUT2D eigenvalue weighted by Crippen LogP contribution is -2.30. The first kappa shape index (κ1) is 21.4. The Balaban J connectivity index is 2.38. The summed E-state index contributed by atoms with van der Waals surface area (Å²) in [6.45, 7) is 9.86. The molecule has 0 saturated heterocycles. The van der Waals surface area contributed by atoms with Crippen molar-refractivity contribution in [3.8, 4) is 0 Å². The highest BCUT2D eigenvalue weighted by atomic mass is 32.2. The second kappa shape index (κ2) is 8.84. The van der Waals surface area contributed by atoms with Gasteiger partial charge in [-0.2, -0.15) is 4.31 Å². The van der Waals surface area contributed by atoms with Crippen molar-refractivity contribution in [2.75, 3.05) is 26.7 Å². The van der Waals surface area contributed by atoms with Gasteiger partial charge in [0.15, 0.2) is 0 Å². The van der Waals surface area contributed by atoms with Crippen molar-refractivity contribution in [3.63, 3.8) is 0 Å². The Labute approximate surface area is 162 Å². The lowest BCUT2D eigenvalue weighted by atomic mass is 10.2. The van der Waals surface area contributed by atoms with Gasteiger partial charge in [-0.3, -0.25) is 4.79 Å². The van der Waals surface area contributed by atoms with Crippen molar-refractivity contribution in [1.29, 1.82) is 0 Å². The van der Waals surface area contributed by atoms with Crippen molar-refractivity contribution >= 4 is 27.0 Å². The summed E-state index contributed by atoms with van der Waals surface area (Å²) >= 11 is 0. The van der Waals surface area contributed by atoms with Gasteiger partial charge in [0.25, 0.3) is 0 Å². The van der Waals surface area contributed by atoms with Crippen molar-refractivity contribution in [1.82, 2.24) is 18.8 Å². The van der Waals surface area contributed by atoms with E-state index in [4.69, 9.17) is 0 Å². The summed E-state index contributed by atoms with van der Waals surface area (Å²) in [5.74, 6) is 0.889. The van der Waals surface area contributed by atoms with E-state index in [-0.39, 0.29) is 10.8 Å². The average molecular weight is 395 g/mol. The molecular weight excluding hydrogens is 364 g/mol. The number of carbonyl (C=O) groups is 1. The van der Waals surface area contributed by atoms with Crippen LogP contribution in [-0.2, 0) is 27.8 Å². The molecule has 1 amide bonds. The summed E-state index contributed by atoms with van der Waals surface area (Å²) in [7, 11) is -1.73. The summed E-state index contributed by atoms with van der Waals surface area (Å²) in [5.41, 5.74) is 1.54. The van der Waals surface area contributed by atoms with Crippen LogP contribution in [0.1, 0.15) is 39.9 Å². The maximum Gasteiger partial charge on any atom is 0.243 e. The number of imidazole rings is 1. The number of fused-ring (bicyclic) bond motifs is 1. The molecule has 0 aliphatic heterocycles. The van der Waals surface area contributed by atoms with E-state index in [1.165, 1.54) is 4.31 Å². The topological polar surface area (TPSA) is 75.5 Å². The van der Waals surface area contributed by atoms with E-state index >= 15 is 0 Å². The number of aryl methyl sites for hydroxylation is 2. The molecule has 0 fully saturated rings. The maximum absolute atomic E-state index is 12.8. The number of carbonyl (C=O) groups excluding carboxylic acids is 1. The van der Waals surface area contributed by atoms with Gasteiger partial charge < -0.3 is 9.47 Å². The number of hydrogen-bond donors (Lipinski definition) is 0. The third-order valence-corrected chi connectivity index (χ3v) is 6.97. The van der Waals surface area contributed by atoms with Crippen LogP contribution in [0.15, 0.2) is 23.1 Å². The van der Waals surface area contributed by atoms with Gasteiger partial charge in [0, 0.05) is 46.1 Å². The lowest BCUT2D eigenvalue weighted by Gasteiger charge is -2.18. The SMILES string of the molecule is CCN(C)C(=O)CCc1nc2cc(S(=O)(=O)N(CC)CC)ccc2n1CC. The molecule has 0 aliphatic rings. The summed E-state index contributed by atoms with van der Waals surface area (Å²) in [4.78, 5) is 18.7. The normalized spacial score (nSPS) is 12.1. The van der Waals surface area contributed by atoms with E-state index in [0.717, 1.165) is 11.3 Å². The molecule has 27 heavy (non-hydrogen) atoms. The predicted molar refractivity (Wildman–Crippen MR) is 107 cm³/mol. The fourth-order valence-corrected chi connectivity index (χ4v) is 4.64. The molecular formula is C19H30N4O3S. The molecule has 7 nitrogen and oxygen atoms in total. The van der Waals surface area contributed by atoms with Crippen LogP contribution < -0.4 is 0 Å². The zero-order valence-corrected chi connectivity index (χ0v) is 17.7. The Morgan fingerprint density at radius 1 is 1.11 bits per heavy atom. The van der Waals surface area contributed by atoms with Gasteiger partial charge in [-0.15, -0.1) is 0 Å². The number of amides is 1. The van der Waals surface area contributed by atoms with Gasteiger partial charge >= 0.3 is 0 Å².